The number of aromatic nitrogens is 3. The minimum absolute atomic E-state index is 0.211. The summed E-state index contributed by atoms with van der Waals surface area (Å²) in [6.07, 6.45) is 2.90. The van der Waals surface area contributed by atoms with Crippen molar-refractivity contribution in [3.05, 3.63) is 42.0 Å². The van der Waals surface area contributed by atoms with E-state index in [1.165, 1.54) is 0 Å². The van der Waals surface area contributed by atoms with Crippen LogP contribution in [0.1, 0.15) is 44.6 Å². The predicted molar refractivity (Wildman–Crippen MR) is 80.2 cm³/mol. The van der Waals surface area contributed by atoms with Gasteiger partial charge >= 0.3 is 0 Å². The van der Waals surface area contributed by atoms with Crippen LogP contribution in [0.3, 0.4) is 0 Å². The number of ether oxygens (including phenoxy) is 1. The zero-order valence-electron chi connectivity index (χ0n) is 12.7. The van der Waals surface area contributed by atoms with Crippen molar-refractivity contribution in [3.63, 3.8) is 0 Å². The molecule has 0 saturated carbocycles. The van der Waals surface area contributed by atoms with E-state index in [2.05, 4.69) is 23.9 Å². The van der Waals surface area contributed by atoms with Crippen molar-refractivity contribution in [2.24, 2.45) is 0 Å². The van der Waals surface area contributed by atoms with Crippen LogP contribution in [0.2, 0.25) is 0 Å². The summed E-state index contributed by atoms with van der Waals surface area (Å²) >= 11 is 0. The van der Waals surface area contributed by atoms with Crippen molar-refractivity contribution in [2.75, 3.05) is 0 Å². The van der Waals surface area contributed by atoms with Crippen molar-refractivity contribution in [2.45, 2.75) is 46.3 Å². The molecule has 0 aliphatic rings. The van der Waals surface area contributed by atoms with E-state index < -0.39 is 0 Å². The van der Waals surface area contributed by atoms with Crippen molar-refractivity contribution in [1.82, 2.24) is 14.8 Å². The van der Waals surface area contributed by atoms with Gasteiger partial charge < -0.3 is 9.53 Å². The highest BCUT2D eigenvalue weighted by Crippen LogP contribution is 2.15. The first-order valence-corrected chi connectivity index (χ1v) is 7.16. The molecule has 0 saturated heterocycles. The van der Waals surface area contributed by atoms with Crippen LogP contribution in [0.25, 0.3) is 0 Å². The van der Waals surface area contributed by atoms with Gasteiger partial charge in [-0.25, -0.2) is 9.67 Å². The Hall–Kier alpha value is -2.17. The number of ketones is 1. The van der Waals surface area contributed by atoms with Crippen LogP contribution in [0.15, 0.2) is 30.6 Å². The minimum atomic E-state index is 0.211. The molecule has 21 heavy (non-hydrogen) atoms. The van der Waals surface area contributed by atoms with Crippen molar-refractivity contribution < 1.29 is 9.53 Å². The zero-order valence-corrected chi connectivity index (χ0v) is 12.7. The summed E-state index contributed by atoms with van der Waals surface area (Å²) in [6.45, 7) is 6.12. The average molecular weight is 287 g/mol. The Morgan fingerprint density at radius 1 is 1.29 bits per heavy atom. The SMILES string of the molecule is CC(=O)CCc1ccc(OCc2ncnn2C(C)C)cc1. The number of carbonyl (C=O) groups is 1. The van der Waals surface area contributed by atoms with Gasteiger partial charge in [-0.2, -0.15) is 5.10 Å². The summed E-state index contributed by atoms with van der Waals surface area (Å²) in [5.41, 5.74) is 1.14. The van der Waals surface area contributed by atoms with Gasteiger partial charge in [0, 0.05) is 12.5 Å². The average Bonchev–Trinajstić information content (AvgIpc) is 2.92. The highest BCUT2D eigenvalue weighted by atomic mass is 16.5. The summed E-state index contributed by atoms with van der Waals surface area (Å²) in [5.74, 6) is 1.81. The summed E-state index contributed by atoms with van der Waals surface area (Å²) in [5, 5.41) is 4.18. The third kappa shape index (κ3) is 4.41. The fourth-order valence-electron chi connectivity index (χ4n) is 2.03. The third-order valence-corrected chi connectivity index (χ3v) is 3.19. The number of aryl methyl sites for hydroxylation is 1. The van der Waals surface area contributed by atoms with E-state index in [-0.39, 0.29) is 11.8 Å². The van der Waals surface area contributed by atoms with Crippen LogP contribution >= 0.6 is 0 Å². The summed E-state index contributed by atoms with van der Waals surface area (Å²) < 4.78 is 7.58. The van der Waals surface area contributed by atoms with Gasteiger partial charge in [-0.1, -0.05) is 12.1 Å². The van der Waals surface area contributed by atoms with Gasteiger partial charge in [-0.3, -0.25) is 0 Å². The number of Topliss-reactive ketones (excluding diaryl/α,β-unsaturated/α-hetero) is 1. The molecule has 0 aliphatic carbocycles. The third-order valence-electron chi connectivity index (χ3n) is 3.19. The van der Waals surface area contributed by atoms with Crippen LogP contribution in [-0.2, 0) is 17.8 Å². The molecule has 1 aromatic heterocycles. The molecule has 0 N–H and O–H groups in total. The van der Waals surface area contributed by atoms with Gasteiger partial charge in [0.15, 0.2) is 5.82 Å². The summed E-state index contributed by atoms with van der Waals surface area (Å²) in [4.78, 5) is 15.2. The van der Waals surface area contributed by atoms with E-state index in [1.54, 1.807) is 13.3 Å². The molecule has 112 valence electrons. The second-order valence-corrected chi connectivity index (χ2v) is 5.35. The molecular weight excluding hydrogens is 266 g/mol. The predicted octanol–water partition coefficient (Wildman–Crippen LogP) is 2.96. The maximum atomic E-state index is 11.0. The molecule has 1 heterocycles. The van der Waals surface area contributed by atoms with Gasteiger partial charge in [0.2, 0.25) is 0 Å². The Kier molecular flexibility index (Phi) is 5.09. The van der Waals surface area contributed by atoms with Crippen molar-refractivity contribution in [1.29, 1.82) is 0 Å². The molecule has 0 spiro atoms. The topological polar surface area (TPSA) is 57.0 Å². The molecule has 0 radical (unpaired) electrons. The number of hydrogen-bond acceptors (Lipinski definition) is 4. The fourth-order valence-corrected chi connectivity index (χ4v) is 2.03. The molecule has 5 nitrogen and oxygen atoms in total. The van der Waals surface area contributed by atoms with Crippen LogP contribution < -0.4 is 4.74 Å². The monoisotopic (exact) mass is 287 g/mol. The number of hydrogen-bond donors (Lipinski definition) is 0. The van der Waals surface area contributed by atoms with Crippen molar-refractivity contribution in [3.8, 4) is 5.75 Å². The van der Waals surface area contributed by atoms with E-state index in [0.29, 0.717) is 13.0 Å². The van der Waals surface area contributed by atoms with Gasteiger partial charge in [-0.05, 0) is 44.9 Å². The van der Waals surface area contributed by atoms with E-state index in [9.17, 15) is 4.79 Å². The number of benzene rings is 1. The fraction of sp³-hybridized carbons (Fsp3) is 0.438. The zero-order chi connectivity index (χ0) is 15.2. The smallest absolute Gasteiger partial charge is 0.165 e. The van der Waals surface area contributed by atoms with Crippen LogP contribution in [-0.4, -0.2) is 20.5 Å². The number of rotatable bonds is 7. The first-order chi connectivity index (χ1) is 10.1. The first-order valence-electron chi connectivity index (χ1n) is 7.16. The Morgan fingerprint density at radius 3 is 2.62 bits per heavy atom. The maximum Gasteiger partial charge on any atom is 0.165 e. The quantitative estimate of drug-likeness (QED) is 0.785. The van der Waals surface area contributed by atoms with Crippen LogP contribution in [0, 0.1) is 0 Å². The van der Waals surface area contributed by atoms with Crippen LogP contribution in [0.4, 0.5) is 0 Å². The molecule has 0 atom stereocenters. The molecule has 0 unspecified atom stereocenters. The van der Waals surface area contributed by atoms with Gasteiger partial charge in [0.05, 0.1) is 0 Å². The molecule has 0 amide bonds. The lowest BCUT2D eigenvalue weighted by Gasteiger charge is -2.10. The van der Waals surface area contributed by atoms with E-state index in [0.717, 1.165) is 23.6 Å². The normalized spacial score (nSPS) is 10.9. The van der Waals surface area contributed by atoms with E-state index in [4.69, 9.17) is 4.74 Å². The van der Waals surface area contributed by atoms with Gasteiger partial charge in [0.25, 0.3) is 0 Å². The Balaban J connectivity index is 1.91. The Morgan fingerprint density at radius 2 is 2.00 bits per heavy atom. The lowest BCUT2D eigenvalue weighted by Crippen LogP contribution is -2.10. The standard InChI is InChI=1S/C16H21N3O2/c1-12(2)19-16(17-11-18-19)10-21-15-8-6-14(7-9-15)5-4-13(3)20/h6-9,11-12H,4-5,10H2,1-3H3. The van der Waals surface area contributed by atoms with E-state index in [1.807, 2.05) is 28.9 Å². The summed E-state index contributed by atoms with van der Waals surface area (Å²) in [6, 6.07) is 8.09. The van der Waals surface area contributed by atoms with Gasteiger partial charge in [0.1, 0.15) is 24.5 Å². The van der Waals surface area contributed by atoms with Crippen LogP contribution in [0.5, 0.6) is 5.75 Å². The summed E-state index contributed by atoms with van der Waals surface area (Å²) in [7, 11) is 0. The van der Waals surface area contributed by atoms with Crippen molar-refractivity contribution >= 4 is 5.78 Å². The highest BCUT2D eigenvalue weighted by Gasteiger charge is 2.08. The Labute approximate surface area is 125 Å². The second-order valence-electron chi connectivity index (χ2n) is 5.35. The van der Waals surface area contributed by atoms with Gasteiger partial charge in [-0.15, -0.1) is 0 Å². The maximum absolute atomic E-state index is 11.0. The number of nitrogens with zero attached hydrogens (tertiary/aromatic N) is 3. The van der Waals surface area contributed by atoms with E-state index >= 15 is 0 Å². The molecule has 5 heteroatoms. The molecular formula is C16H21N3O2. The first kappa shape index (κ1) is 15.2. The molecule has 1 aromatic carbocycles. The molecule has 0 fully saturated rings. The lowest BCUT2D eigenvalue weighted by molar-refractivity contribution is -0.116. The largest absolute Gasteiger partial charge is 0.486 e. The molecule has 0 aliphatic heterocycles. The lowest BCUT2D eigenvalue weighted by atomic mass is 10.1. The number of carbonyl (C=O) groups excluding carboxylic acids is 1. The highest BCUT2D eigenvalue weighted by molar-refractivity contribution is 5.75. The molecule has 2 rings (SSSR count). The Bertz CT molecular complexity index is 588. The minimum Gasteiger partial charge on any atom is -0.486 e. The second kappa shape index (κ2) is 7.02. The molecule has 2 aromatic rings. The molecule has 0 bridgehead atoms.